The van der Waals surface area contributed by atoms with Gasteiger partial charge in [-0.1, -0.05) is 0 Å². The van der Waals surface area contributed by atoms with E-state index in [0.29, 0.717) is 26.2 Å². The van der Waals surface area contributed by atoms with Gasteiger partial charge < -0.3 is 5.73 Å². The van der Waals surface area contributed by atoms with Gasteiger partial charge in [0.2, 0.25) is 0 Å². The summed E-state index contributed by atoms with van der Waals surface area (Å²) in [6, 6.07) is 0. The molecule has 2 heterocycles. The first kappa shape index (κ1) is 14.9. The number of nitrogens with zero attached hydrogens (tertiary/aromatic N) is 2. The SMILES string of the molecule is Cc1ncc(CNS(=O)(=O)N2CCCC(CN)C2)s1. The van der Waals surface area contributed by atoms with E-state index in [-0.39, 0.29) is 5.92 Å². The van der Waals surface area contributed by atoms with Crippen LogP contribution in [0.4, 0.5) is 0 Å². The Balaban J connectivity index is 1.94. The third-order valence-corrected chi connectivity index (χ3v) is 5.69. The van der Waals surface area contributed by atoms with Gasteiger partial charge in [-0.2, -0.15) is 17.4 Å². The molecule has 0 aliphatic carbocycles. The van der Waals surface area contributed by atoms with Gasteiger partial charge in [0.25, 0.3) is 10.2 Å². The third-order valence-electron chi connectivity index (χ3n) is 3.25. The normalized spacial score (nSPS) is 21.7. The molecule has 108 valence electrons. The van der Waals surface area contributed by atoms with Gasteiger partial charge >= 0.3 is 0 Å². The van der Waals surface area contributed by atoms with E-state index in [1.807, 2.05) is 6.92 Å². The predicted octanol–water partition coefficient (Wildman–Crippen LogP) is 0.457. The molecule has 1 aliphatic rings. The number of thiazole rings is 1. The van der Waals surface area contributed by atoms with Crippen molar-refractivity contribution >= 4 is 21.5 Å². The summed E-state index contributed by atoms with van der Waals surface area (Å²) < 4.78 is 28.5. The molecule has 3 N–H and O–H groups in total. The molecule has 0 radical (unpaired) electrons. The van der Waals surface area contributed by atoms with Crippen LogP contribution in [0.25, 0.3) is 0 Å². The molecule has 0 aromatic carbocycles. The van der Waals surface area contributed by atoms with E-state index in [0.717, 1.165) is 22.7 Å². The van der Waals surface area contributed by atoms with Crippen molar-refractivity contribution in [1.82, 2.24) is 14.0 Å². The molecule has 1 aromatic rings. The zero-order chi connectivity index (χ0) is 13.9. The van der Waals surface area contributed by atoms with Gasteiger partial charge in [0, 0.05) is 30.7 Å². The molecule has 1 unspecified atom stereocenters. The van der Waals surface area contributed by atoms with Crippen molar-refractivity contribution in [3.8, 4) is 0 Å². The average Bonchev–Trinajstić information content (AvgIpc) is 2.82. The van der Waals surface area contributed by atoms with Crippen LogP contribution >= 0.6 is 11.3 Å². The molecule has 1 atom stereocenters. The van der Waals surface area contributed by atoms with Crippen molar-refractivity contribution in [3.05, 3.63) is 16.1 Å². The molecule has 19 heavy (non-hydrogen) atoms. The molecule has 0 spiro atoms. The minimum atomic E-state index is -3.41. The van der Waals surface area contributed by atoms with E-state index in [2.05, 4.69) is 9.71 Å². The molecule has 1 aliphatic heterocycles. The summed E-state index contributed by atoms with van der Waals surface area (Å²) in [6.45, 7) is 3.85. The van der Waals surface area contributed by atoms with Crippen LogP contribution < -0.4 is 10.5 Å². The summed E-state index contributed by atoms with van der Waals surface area (Å²) in [7, 11) is -3.41. The van der Waals surface area contributed by atoms with Crippen LogP contribution in [0, 0.1) is 12.8 Å². The van der Waals surface area contributed by atoms with Gasteiger partial charge in [-0.25, -0.2) is 4.98 Å². The fourth-order valence-corrected chi connectivity index (χ4v) is 4.30. The van der Waals surface area contributed by atoms with Crippen molar-refractivity contribution in [3.63, 3.8) is 0 Å². The molecule has 0 saturated carbocycles. The molecule has 8 heteroatoms. The number of hydrogen-bond donors (Lipinski definition) is 2. The highest BCUT2D eigenvalue weighted by atomic mass is 32.2. The second-order valence-electron chi connectivity index (χ2n) is 4.77. The van der Waals surface area contributed by atoms with Crippen molar-refractivity contribution < 1.29 is 8.42 Å². The van der Waals surface area contributed by atoms with Gasteiger partial charge in [-0.3, -0.25) is 0 Å². The van der Waals surface area contributed by atoms with Gasteiger partial charge in [0.15, 0.2) is 0 Å². The molecule has 1 aromatic heterocycles. The third kappa shape index (κ3) is 3.96. The summed E-state index contributed by atoms with van der Waals surface area (Å²) in [5.74, 6) is 0.274. The lowest BCUT2D eigenvalue weighted by atomic mass is 10.0. The van der Waals surface area contributed by atoms with Gasteiger partial charge in [-0.05, 0) is 32.2 Å². The molecule has 0 amide bonds. The first-order chi connectivity index (χ1) is 9.01. The lowest BCUT2D eigenvalue weighted by Crippen LogP contribution is -2.46. The number of piperidine rings is 1. The number of hydrogen-bond acceptors (Lipinski definition) is 5. The monoisotopic (exact) mass is 304 g/mol. The Bertz CT molecular complexity index is 515. The van der Waals surface area contributed by atoms with Crippen molar-refractivity contribution in [1.29, 1.82) is 0 Å². The van der Waals surface area contributed by atoms with Crippen molar-refractivity contribution in [2.45, 2.75) is 26.3 Å². The molecule has 6 nitrogen and oxygen atoms in total. The first-order valence-corrected chi connectivity index (χ1v) is 8.63. The smallest absolute Gasteiger partial charge is 0.279 e. The second-order valence-corrected chi connectivity index (χ2v) is 7.85. The molecular formula is C11H20N4O2S2. The standard InChI is InChI=1S/C11H20N4O2S2/c1-9-13-6-11(18-9)7-14-19(16,17)15-4-2-3-10(5-12)8-15/h6,10,14H,2-5,7-8,12H2,1H3. The highest BCUT2D eigenvalue weighted by molar-refractivity contribution is 7.87. The minimum absolute atomic E-state index is 0.274. The fraction of sp³-hybridized carbons (Fsp3) is 0.727. The summed E-state index contributed by atoms with van der Waals surface area (Å²) >= 11 is 1.50. The van der Waals surface area contributed by atoms with E-state index in [1.54, 1.807) is 6.20 Å². The lowest BCUT2D eigenvalue weighted by molar-refractivity contribution is 0.268. The zero-order valence-electron chi connectivity index (χ0n) is 11.0. The van der Waals surface area contributed by atoms with Gasteiger partial charge in [0.05, 0.1) is 5.01 Å². The highest BCUT2D eigenvalue weighted by Crippen LogP contribution is 2.18. The summed E-state index contributed by atoms with van der Waals surface area (Å²) in [5, 5.41) is 0.940. The van der Waals surface area contributed by atoms with Crippen LogP contribution in [0.15, 0.2) is 6.20 Å². The maximum atomic E-state index is 12.2. The number of nitrogens with one attached hydrogen (secondary N) is 1. The Morgan fingerprint density at radius 1 is 1.63 bits per heavy atom. The Labute approximate surface area is 118 Å². The maximum absolute atomic E-state index is 12.2. The number of aryl methyl sites for hydroxylation is 1. The highest BCUT2D eigenvalue weighted by Gasteiger charge is 2.27. The lowest BCUT2D eigenvalue weighted by Gasteiger charge is -2.31. The minimum Gasteiger partial charge on any atom is -0.330 e. The largest absolute Gasteiger partial charge is 0.330 e. The Morgan fingerprint density at radius 3 is 3.05 bits per heavy atom. The van der Waals surface area contributed by atoms with Gasteiger partial charge in [0.1, 0.15) is 0 Å². The van der Waals surface area contributed by atoms with E-state index in [1.165, 1.54) is 15.6 Å². The van der Waals surface area contributed by atoms with E-state index >= 15 is 0 Å². The maximum Gasteiger partial charge on any atom is 0.279 e. The van der Waals surface area contributed by atoms with Crippen LogP contribution in [-0.4, -0.2) is 37.3 Å². The average molecular weight is 304 g/mol. The predicted molar refractivity (Wildman–Crippen MR) is 76.0 cm³/mol. The number of rotatable bonds is 5. The number of nitrogens with two attached hydrogens (primary N) is 1. The molecule has 1 fully saturated rings. The topological polar surface area (TPSA) is 88.3 Å². The molecule has 0 bridgehead atoms. The van der Waals surface area contributed by atoms with Gasteiger partial charge in [-0.15, -0.1) is 11.3 Å². The van der Waals surface area contributed by atoms with Crippen LogP contribution in [0.1, 0.15) is 22.7 Å². The molecular weight excluding hydrogens is 284 g/mol. The number of aromatic nitrogens is 1. The summed E-state index contributed by atoms with van der Waals surface area (Å²) in [5.41, 5.74) is 5.63. The summed E-state index contributed by atoms with van der Waals surface area (Å²) in [4.78, 5) is 5.03. The van der Waals surface area contributed by atoms with Crippen LogP contribution in [-0.2, 0) is 16.8 Å². The quantitative estimate of drug-likeness (QED) is 0.827. The Morgan fingerprint density at radius 2 is 2.42 bits per heavy atom. The van der Waals surface area contributed by atoms with E-state index in [9.17, 15) is 8.42 Å². The second kappa shape index (κ2) is 6.27. The first-order valence-electron chi connectivity index (χ1n) is 6.37. The van der Waals surface area contributed by atoms with Crippen molar-refractivity contribution in [2.24, 2.45) is 11.7 Å². The molecule has 2 rings (SSSR count). The Hall–Kier alpha value is -0.540. The van der Waals surface area contributed by atoms with E-state index in [4.69, 9.17) is 5.73 Å². The zero-order valence-corrected chi connectivity index (χ0v) is 12.6. The van der Waals surface area contributed by atoms with Crippen LogP contribution in [0.5, 0.6) is 0 Å². The fourth-order valence-electron chi connectivity index (χ4n) is 2.18. The van der Waals surface area contributed by atoms with Crippen molar-refractivity contribution in [2.75, 3.05) is 19.6 Å². The Kier molecular flexibility index (Phi) is 4.91. The van der Waals surface area contributed by atoms with Crippen LogP contribution in [0.2, 0.25) is 0 Å². The van der Waals surface area contributed by atoms with E-state index < -0.39 is 10.2 Å². The molecule has 1 saturated heterocycles. The van der Waals surface area contributed by atoms with Crippen LogP contribution in [0.3, 0.4) is 0 Å². The summed E-state index contributed by atoms with van der Waals surface area (Å²) in [6.07, 6.45) is 3.60.